The first-order valence-electron chi connectivity index (χ1n) is 6.23. The van der Waals surface area contributed by atoms with Crippen molar-refractivity contribution in [3.63, 3.8) is 0 Å². The van der Waals surface area contributed by atoms with Gasteiger partial charge in [-0.15, -0.1) is 0 Å². The van der Waals surface area contributed by atoms with Crippen LogP contribution in [0.25, 0.3) is 0 Å². The van der Waals surface area contributed by atoms with Crippen LogP contribution in [0.3, 0.4) is 0 Å². The molecule has 0 aliphatic carbocycles. The van der Waals surface area contributed by atoms with E-state index in [2.05, 4.69) is 15.0 Å². The monoisotopic (exact) mass is 303 g/mol. The highest BCUT2D eigenvalue weighted by Crippen LogP contribution is 2.27. The number of hydrogen-bond donors (Lipinski definition) is 1. The standard InChI is InChI=1S/C14H13N3O5/c1-9-7-10(16-14(18)21-2)3-5-12(9)22-13-6-4-11(8-15-13)17(19)20/h3-8H,1-2H3,(H,16,18). The lowest BCUT2D eigenvalue weighted by Gasteiger charge is -2.10. The third-order valence-corrected chi connectivity index (χ3v) is 2.75. The number of benzene rings is 1. The predicted octanol–water partition coefficient (Wildman–Crippen LogP) is 3.27. The number of pyridine rings is 1. The molecule has 0 atom stereocenters. The van der Waals surface area contributed by atoms with Crippen molar-refractivity contribution in [1.82, 2.24) is 4.98 Å². The van der Waals surface area contributed by atoms with Crippen molar-refractivity contribution >= 4 is 17.5 Å². The van der Waals surface area contributed by atoms with Gasteiger partial charge in [-0.05, 0) is 30.7 Å². The Morgan fingerprint density at radius 1 is 1.32 bits per heavy atom. The van der Waals surface area contributed by atoms with E-state index in [1.165, 1.54) is 19.2 Å². The predicted molar refractivity (Wildman–Crippen MR) is 78.2 cm³/mol. The second kappa shape index (κ2) is 6.53. The normalized spacial score (nSPS) is 9.91. The van der Waals surface area contributed by atoms with Crippen LogP contribution in [0.15, 0.2) is 36.5 Å². The van der Waals surface area contributed by atoms with Crippen molar-refractivity contribution in [1.29, 1.82) is 0 Å². The van der Waals surface area contributed by atoms with E-state index < -0.39 is 11.0 Å². The molecule has 8 nitrogen and oxygen atoms in total. The number of anilines is 1. The van der Waals surface area contributed by atoms with E-state index in [1.807, 2.05) is 0 Å². The van der Waals surface area contributed by atoms with Gasteiger partial charge in [0.25, 0.3) is 5.69 Å². The molecule has 0 radical (unpaired) electrons. The SMILES string of the molecule is COC(=O)Nc1ccc(Oc2ccc([N+](=O)[O-])cn2)c(C)c1. The van der Waals surface area contributed by atoms with Gasteiger partial charge < -0.3 is 9.47 Å². The molecule has 0 bridgehead atoms. The van der Waals surface area contributed by atoms with Gasteiger partial charge in [0.1, 0.15) is 11.9 Å². The van der Waals surface area contributed by atoms with Crippen molar-refractivity contribution in [2.24, 2.45) is 0 Å². The molecule has 2 rings (SSSR count). The highest BCUT2D eigenvalue weighted by Gasteiger charge is 2.09. The number of nitrogens with one attached hydrogen (secondary N) is 1. The fourth-order valence-corrected chi connectivity index (χ4v) is 1.66. The molecule has 0 unspecified atom stereocenters. The Morgan fingerprint density at radius 3 is 2.64 bits per heavy atom. The summed E-state index contributed by atoms with van der Waals surface area (Å²) in [5, 5.41) is 13.1. The summed E-state index contributed by atoms with van der Waals surface area (Å²) in [6.45, 7) is 1.79. The van der Waals surface area contributed by atoms with Gasteiger partial charge in [0.15, 0.2) is 0 Å². The molecule has 0 saturated carbocycles. The average Bonchev–Trinajstić information content (AvgIpc) is 2.50. The van der Waals surface area contributed by atoms with Crippen molar-refractivity contribution in [2.75, 3.05) is 12.4 Å². The molecular formula is C14H13N3O5. The number of carbonyl (C=O) groups is 1. The van der Waals surface area contributed by atoms with E-state index >= 15 is 0 Å². The zero-order valence-corrected chi connectivity index (χ0v) is 11.9. The first-order valence-corrected chi connectivity index (χ1v) is 6.23. The minimum atomic E-state index is -0.565. The van der Waals surface area contributed by atoms with Crippen LogP contribution >= 0.6 is 0 Å². The van der Waals surface area contributed by atoms with Crippen LogP contribution < -0.4 is 10.1 Å². The zero-order valence-electron chi connectivity index (χ0n) is 11.9. The van der Waals surface area contributed by atoms with E-state index in [1.54, 1.807) is 25.1 Å². The summed E-state index contributed by atoms with van der Waals surface area (Å²) in [6.07, 6.45) is 0.558. The molecule has 0 fully saturated rings. The largest absolute Gasteiger partial charge is 0.453 e. The van der Waals surface area contributed by atoms with Crippen molar-refractivity contribution in [3.05, 3.63) is 52.2 Å². The number of methoxy groups -OCH3 is 1. The molecule has 0 saturated heterocycles. The van der Waals surface area contributed by atoms with Gasteiger partial charge >= 0.3 is 6.09 Å². The first kappa shape index (κ1) is 15.2. The Bertz CT molecular complexity index is 700. The minimum absolute atomic E-state index is 0.110. The number of nitrogens with zero attached hydrogens (tertiary/aromatic N) is 2. The summed E-state index contributed by atoms with van der Waals surface area (Å²) < 4.78 is 10.1. The van der Waals surface area contributed by atoms with E-state index in [0.29, 0.717) is 11.4 Å². The van der Waals surface area contributed by atoms with Crippen LogP contribution in [0.5, 0.6) is 11.6 Å². The van der Waals surface area contributed by atoms with Crippen molar-refractivity contribution < 1.29 is 19.2 Å². The number of nitro groups is 1. The lowest BCUT2D eigenvalue weighted by Crippen LogP contribution is -2.10. The second-order valence-electron chi connectivity index (χ2n) is 4.31. The molecular weight excluding hydrogens is 290 g/mol. The smallest absolute Gasteiger partial charge is 0.411 e. The molecule has 114 valence electrons. The molecule has 1 aromatic carbocycles. The fraction of sp³-hybridized carbons (Fsp3) is 0.143. The summed E-state index contributed by atoms with van der Waals surface area (Å²) in [5.41, 5.74) is 1.21. The van der Waals surface area contributed by atoms with Crippen LogP contribution in [0.1, 0.15) is 5.56 Å². The summed E-state index contributed by atoms with van der Waals surface area (Å²) >= 11 is 0. The average molecular weight is 303 g/mol. The van der Waals surface area contributed by atoms with E-state index in [0.717, 1.165) is 11.8 Å². The van der Waals surface area contributed by atoms with Gasteiger partial charge in [0.05, 0.1) is 12.0 Å². The number of amides is 1. The van der Waals surface area contributed by atoms with Crippen LogP contribution in [-0.4, -0.2) is 23.1 Å². The summed E-state index contributed by atoms with van der Waals surface area (Å²) in [6, 6.07) is 7.73. The van der Waals surface area contributed by atoms with Crippen molar-refractivity contribution in [2.45, 2.75) is 6.92 Å². The number of carbonyl (C=O) groups excluding carboxylic acids is 1. The maximum Gasteiger partial charge on any atom is 0.411 e. The molecule has 1 amide bonds. The van der Waals surface area contributed by atoms with E-state index in [9.17, 15) is 14.9 Å². The number of rotatable bonds is 4. The molecule has 1 heterocycles. The molecule has 2 aromatic rings. The highest BCUT2D eigenvalue weighted by atomic mass is 16.6. The highest BCUT2D eigenvalue weighted by molar-refractivity contribution is 5.84. The fourth-order valence-electron chi connectivity index (χ4n) is 1.66. The summed E-state index contributed by atoms with van der Waals surface area (Å²) in [4.78, 5) is 25.0. The summed E-state index contributed by atoms with van der Waals surface area (Å²) in [5.74, 6) is 0.763. The van der Waals surface area contributed by atoms with Crippen LogP contribution in [0, 0.1) is 17.0 Å². The zero-order chi connectivity index (χ0) is 16.1. The lowest BCUT2D eigenvalue weighted by atomic mass is 10.2. The van der Waals surface area contributed by atoms with Gasteiger partial charge in [-0.3, -0.25) is 15.4 Å². The Labute approximate surface area is 125 Å². The molecule has 0 spiro atoms. The molecule has 22 heavy (non-hydrogen) atoms. The minimum Gasteiger partial charge on any atom is -0.453 e. The van der Waals surface area contributed by atoms with Gasteiger partial charge in [-0.1, -0.05) is 0 Å². The Kier molecular flexibility index (Phi) is 4.52. The Balaban J connectivity index is 2.12. The number of ether oxygens (including phenoxy) is 2. The van der Waals surface area contributed by atoms with Gasteiger partial charge in [-0.2, -0.15) is 0 Å². The van der Waals surface area contributed by atoms with Gasteiger partial charge in [-0.25, -0.2) is 9.78 Å². The van der Waals surface area contributed by atoms with Crippen LogP contribution in [-0.2, 0) is 4.74 Å². The second-order valence-corrected chi connectivity index (χ2v) is 4.31. The third kappa shape index (κ3) is 3.69. The topological polar surface area (TPSA) is 104 Å². The van der Waals surface area contributed by atoms with Crippen molar-refractivity contribution in [3.8, 4) is 11.6 Å². The van der Waals surface area contributed by atoms with Gasteiger partial charge in [0, 0.05) is 17.8 Å². The molecule has 8 heteroatoms. The number of aryl methyl sites for hydroxylation is 1. The summed E-state index contributed by atoms with van der Waals surface area (Å²) in [7, 11) is 1.28. The van der Waals surface area contributed by atoms with E-state index in [4.69, 9.17) is 4.74 Å². The van der Waals surface area contributed by atoms with Gasteiger partial charge in [0.2, 0.25) is 5.88 Å². The Morgan fingerprint density at radius 2 is 2.09 bits per heavy atom. The van der Waals surface area contributed by atoms with Crippen LogP contribution in [0.2, 0.25) is 0 Å². The lowest BCUT2D eigenvalue weighted by molar-refractivity contribution is -0.385. The first-order chi connectivity index (χ1) is 10.5. The maximum atomic E-state index is 11.1. The van der Waals surface area contributed by atoms with Crippen LogP contribution in [0.4, 0.5) is 16.2 Å². The number of aromatic nitrogens is 1. The molecule has 0 aliphatic heterocycles. The maximum absolute atomic E-state index is 11.1. The number of hydrogen-bond acceptors (Lipinski definition) is 6. The third-order valence-electron chi connectivity index (χ3n) is 2.75. The molecule has 1 aromatic heterocycles. The molecule has 0 aliphatic rings. The quantitative estimate of drug-likeness (QED) is 0.686. The van der Waals surface area contributed by atoms with E-state index in [-0.39, 0.29) is 11.6 Å². The Hall–Kier alpha value is -3.16. The molecule has 1 N–H and O–H groups in total.